The summed E-state index contributed by atoms with van der Waals surface area (Å²) in [7, 11) is 0. The molecule has 0 saturated carbocycles. The summed E-state index contributed by atoms with van der Waals surface area (Å²) in [5.41, 5.74) is -0.241. The van der Waals surface area contributed by atoms with Crippen LogP contribution in [0.4, 0.5) is 10.2 Å². The van der Waals surface area contributed by atoms with Crippen molar-refractivity contribution in [3.63, 3.8) is 0 Å². The van der Waals surface area contributed by atoms with Crippen molar-refractivity contribution in [1.29, 1.82) is 0 Å². The van der Waals surface area contributed by atoms with E-state index in [-0.39, 0.29) is 12.1 Å². The Balaban J connectivity index is 2.74. The minimum Gasteiger partial charge on any atom is -0.396 e. The molecule has 0 aliphatic rings. The molecular formula is C11H17FN2O. The Kier molecular flexibility index (Phi) is 4.03. The molecule has 2 N–H and O–H groups in total. The molecule has 0 amide bonds. The number of rotatable bonds is 5. The molecule has 1 aromatic heterocycles. The number of pyridine rings is 1. The first-order valence-electron chi connectivity index (χ1n) is 5.11. The lowest BCUT2D eigenvalue weighted by Crippen LogP contribution is -2.35. The van der Waals surface area contributed by atoms with Gasteiger partial charge in [-0.15, -0.1) is 0 Å². The average molecular weight is 212 g/mol. The summed E-state index contributed by atoms with van der Waals surface area (Å²) in [4.78, 5) is 3.73. The van der Waals surface area contributed by atoms with Crippen molar-refractivity contribution in [2.45, 2.75) is 32.2 Å². The highest BCUT2D eigenvalue weighted by molar-refractivity contribution is 5.36. The van der Waals surface area contributed by atoms with Crippen LogP contribution in [0, 0.1) is 5.95 Å². The second-order valence-corrected chi connectivity index (χ2v) is 3.86. The lowest BCUT2D eigenvalue weighted by atomic mass is 9.95. The van der Waals surface area contributed by atoms with E-state index in [0.717, 1.165) is 6.42 Å². The molecule has 0 spiro atoms. The van der Waals surface area contributed by atoms with Crippen LogP contribution in [0.15, 0.2) is 18.2 Å². The van der Waals surface area contributed by atoms with Gasteiger partial charge in [-0.25, -0.2) is 4.98 Å². The lowest BCUT2D eigenvalue weighted by molar-refractivity contribution is 0.251. The van der Waals surface area contributed by atoms with Gasteiger partial charge in [0, 0.05) is 12.1 Å². The van der Waals surface area contributed by atoms with Gasteiger partial charge < -0.3 is 10.4 Å². The van der Waals surface area contributed by atoms with E-state index in [1.807, 2.05) is 13.8 Å². The fourth-order valence-corrected chi connectivity index (χ4v) is 1.36. The molecule has 15 heavy (non-hydrogen) atoms. The van der Waals surface area contributed by atoms with Gasteiger partial charge in [-0.1, -0.05) is 13.0 Å². The molecule has 3 nitrogen and oxygen atoms in total. The smallest absolute Gasteiger partial charge is 0.214 e. The van der Waals surface area contributed by atoms with E-state index in [1.54, 1.807) is 12.1 Å². The van der Waals surface area contributed by atoms with Gasteiger partial charge in [-0.2, -0.15) is 4.39 Å². The van der Waals surface area contributed by atoms with Crippen molar-refractivity contribution in [2.24, 2.45) is 0 Å². The molecule has 1 heterocycles. The lowest BCUT2D eigenvalue weighted by Gasteiger charge is -2.29. The Morgan fingerprint density at radius 3 is 2.80 bits per heavy atom. The SMILES string of the molecule is CCC(C)(CCO)Nc1cccc(F)n1. The third-order valence-corrected chi connectivity index (χ3v) is 2.59. The molecule has 0 radical (unpaired) electrons. The molecule has 1 unspecified atom stereocenters. The number of nitrogens with zero attached hydrogens (tertiary/aromatic N) is 1. The van der Waals surface area contributed by atoms with Gasteiger partial charge in [-0.05, 0) is 31.9 Å². The Morgan fingerprint density at radius 2 is 2.27 bits per heavy atom. The third kappa shape index (κ3) is 3.47. The third-order valence-electron chi connectivity index (χ3n) is 2.59. The summed E-state index contributed by atoms with van der Waals surface area (Å²) in [6.45, 7) is 4.10. The van der Waals surface area contributed by atoms with Gasteiger partial charge in [0.1, 0.15) is 5.82 Å². The van der Waals surface area contributed by atoms with E-state index in [4.69, 9.17) is 5.11 Å². The number of halogens is 1. The quantitative estimate of drug-likeness (QED) is 0.735. The minimum absolute atomic E-state index is 0.104. The van der Waals surface area contributed by atoms with Crippen molar-refractivity contribution in [1.82, 2.24) is 4.98 Å². The summed E-state index contributed by atoms with van der Waals surface area (Å²) in [6.07, 6.45) is 1.45. The molecule has 0 aromatic carbocycles. The van der Waals surface area contributed by atoms with Gasteiger partial charge in [0.2, 0.25) is 5.95 Å². The molecule has 0 saturated heterocycles. The van der Waals surface area contributed by atoms with Crippen molar-refractivity contribution in [3.05, 3.63) is 24.1 Å². The number of nitrogens with one attached hydrogen (secondary N) is 1. The molecule has 0 aliphatic carbocycles. The number of hydrogen-bond donors (Lipinski definition) is 2. The van der Waals surface area contributed by atoms with Crippen molar-refractivity contribution in [3.8, 4) is 0 Å². The van der Waals surface area contributed by atoms with Crippen LogP contribution in [0.2, 0.25) is 0 Å². The standard InChI is InChI=1S/C11H17FN2O/c1-3-11(2,7-8-15)14-10-6-4-5-9(12)13-10/h4-6,15H,3,7-8H2,1-2H3,(H,13,14). The van der Waals surface area contributed by atoms with Crippen LogP contribution in [0.25, 0.3) is 0 Å². The molecule has 4 heteroatoms. The monoisotopic (exact) mass is 212 g/mol. The molecule has 1 rings (SSSR count). The Labute approximate surface area is 89.4 Å². The Morgan fingerprint density at radius 1 is 1.53 bits per heavy atom. The second-order valence-electron chi connectivity index (χ2n) is 3.86. The highest BCUT2D eigenvalue weighted by Crippen LogP contribution is 2.20. The summed E-state index contributed by atoms with van der Waals surface area (Å²) < 4.78 is 12.8. The van der Waals surface area contributed by atoms with Gasteiger partial charge in [0.15, 0.2) is 0 Å². The Hall–Kier alpha value is -1.16. The van der Waals surface area contributed by atoms with E-state index in [0.29, 0.717) is 12.2 Å². The van der Waals surface area contributed by atoms with E-state index in [1.165, 1.54) is 6.07 Å². The highest BCUT2D eigenvalue weighted by atomic mass is 19.1. The van der Waals surface area contributed by atoms with Gasteiger partial charge in [-0.3, -0.25) is 0 Å². The van der Waals surface area contributed by atoms with Crippen LogP contribution in [-0.2, 0) is 0 Å². The van der Waals surface area contributed by atoms with E-state index in [2.05, 4.69) is 10.3 Å². The van der Waals surface area contributed by atoms with Crippen LogP contribution in [0.3, 0.4) is 0 Å². The van der Waals surface area contributed by atoms with Crippen LogP contribution in [0.5, 0.6) is 0 Å². The normalized spacial score (nSPS) is 14.7. The molecular weight excluding hydrogens is 195 g/mol. The van der Waals surface area contributed by atoms with E-state index >= 15 is 0 Å². The summed E-state index contributed by atoms with van der Waals surface area (Å²) in [5.74, 6) is 0.00949. The van der Waals surface area contributed by atoms with Crippen molar-refractivity contribution >= 4 is 5.82 Å². The topological polar surface area (TPSA) is 45.1 Å². The summed E-state index contributed by atoms with van der Waals surface area (Å²) in [5, 5.41) is 12.1. The van der Waals surface area contributed by atoms with Crippen LogP contribution in [0.1, 0.15) is 26.7 Å². The first-order valence-corrected chi connectivity index (χ1v) is 5.11. The number of aliphatic hydroxyl groups is 1. The first kappa shape index (κ1) is 11.9. The predicted octanol–water partition coefficient (Wildman–Crippen LogP) is 2.18. The molecule has 0 aliphatic heterocycles. The largest absolute Gasteiger partial charge is 0.396 e. The fourth-order valence-electron chi connectivity index (χ4n) is 1.36. The van der Waals surface area contributed by atoms with E-state index < -0.39 is 5.95 Å². The maximum absolute atomic E-state index is 12.8. The fraction of sp³-hybridized carbons (Fsp3) is 0.545. The molecule has 0 bridgehead atoms. The Bertz CT molecular complexity index is 319. The average Bonchev–Trinajstić information content (AvgIpc) is 2.18. The zero-order valence-corrected chi connectivity index (χ0v) is 9.13. The summed E-state index contributed by atoms with van der Waals surface area (Å²) in [6, 6.07) is 4.63. The molecule has 1 atom stereocenters. The number of aliphatic hydroxyl groups excluding tert-OH is 1. The predicted molar refractivity (Wildman–Crippen MR) is 58.2 cm³/mol. The van der Waals surface area contributed by atoms with Crippen LogP contribution >= 0.6 is 0 Å². The minimum atomic E-state index is -0.498. The maximum Gasteiger partial charge on any atom is 0.214 e. The van der Waals surface area contributed by atoms with Crippen LogP contribution < -0.4 is 5.32 Å². The van der Waals surface area contributed by atoms with E-state index in [9.17, 15) is 4.39 Å². The maximum atomic E-state index is 12.8. The highest BCUT2D eigenvalue weighted by Gasteiger charge is 2.21. The van der Waals surface area contributed by atoms with Gasteiger partial charge in [0.05, 0.1) is 0 Å². The molecule has 84 valence electrons. The number of hydrogen-bond acceptors (Lipinski definition) is 3. The number of anilines is 1. The van der Waals surface area contributed by atoms with Crippen molar-refractivity contribution in [2.75, 3.05) is 11.9 Å². The number of aromatic nitrogens is 1. The first-order chi connectivity index (χ1) is 7.09. The van der Waals surface area contributed by atoms with Gasteiger partial charge in [0.25, 0.3) is 0 Å². The zero-order valence-electron chi connectivity index (χ0n) is 9.13. The zero-order chi connectivity index (χ0) is 11.3. The van der Waals surface area contributed by atoms with Crippen LogP contribution in [-0.4, -0.2) is 22.2 Å². The molecule has 1 aromatic rings. The second kappa shape index (κ2) is 5.07. The molecule has 0 fully saturated rings. The van der Waals surface area contributed by atoms with Gasteiger partial charge >= 0.3 is 0 Å². The van der Waals surface area contributed by atoms with Crippen molar-refractivity contribution < 1.29 is 9.50 Å². The summed E-state index contributed by atoms with van der Waals surface area (Å²) >= 11 is 0.